The van der Waals surface area contributed by atoms with Gasteiger partial charge in [0.25, 0.3) is 0 Å². The molecule has 1 atom stereocenters. The van der Waals surface area contributed by atoms with Crippen LogP contribution in [0, 0.1) is 5.82 Å². The minimum absolute atomic E-state index is 0.0783. The first-order chi connectivity index (χ1) is 12.7. The number of anilines is 1. The molecule has 1 aromatic carbocycles. The highest BCUT2D eigenvalue weighted by Gasteiger charge is 2.20. The lowest BCUT2D eigenvalue weighted by Gasteiger charge is -2.24. The SMILES string of the molecule is CC(Nc1cc(C2=CCN(S(C)(=O)=O)CC2)cc(Cl)n1)c1ccc(F)cc1. The Labute approximate surface area is 163 Å². The van der Waals surface area contributed by atoms with Crippen molar-refractivity contribution in [3.05, 3.63) is 64.6 Å². The summed E-state index contributed by atoms with van der Waals surface area (Å²) in [6, 6.07) is 9.88. The van der Waals surface area contributed by atoms with Crippen LogP contribution in [0.25, 0.3) is 5.57 Å². The van der Waals surface area contributed by atoms with E-state index >= 15 is 0 Å². The van der Waals surface area contributed by atoms with Gasteiger partial charge in [-0.1, -0.05) is 29.8 Å². The number of sulfonamides is 1. The van der Waals surface area contributed by atoms with Crippen LogP contribution in [0.3, 0.4) is 0 Å². The highest BCUT2D eigenvalue weighted by Crippen LogP contribution is 2.28. The molecule has 27 heavy (non-hydrogen) atoms. The van der Waals surface area contributed by atoms with Gasteiger partial charge in [-0.3, -0.25) is 0 Å². The van der Waals surface area contributed by atoms with E-state index in [9.17, 15) is 12.8 Å². The van der Waals surface area contributed by atoms with E-state index in [4.69, 9.17) is 11.6 Å². The van der Waals surface area contributed by atoms with Gasteiger partial charge in [0, 0.05) is 19.1 Å². The second-order valence-corrected chi connectivity index (χ2v) is 8.95. The normalized spacial score (nSPS) is 16.7. The van der Waals surface area contributed by atoms with Gasteiger partial charge in [-0.05, 0) is 54.3 Å². The van der Waals surface area contributed by atoms with Gasteiger partial charge in [0.2, 0.25) is 10.0 Å². The van der Waals surface area contributed by atoms with Crippen molar-refractivity contribution in [3.8, 4) is 0 Å². The van der Waals surface area contributed by atoms with E-state index in [1.807, 2.05) is 19.1 Å². The maximum Gasteiger partial charge on any atom is 0.211 e. The second kappa shape index (κ2) is 7.96. The lowest BCUT2D eigenvalue weighted by Crippen LogP contribution is -2.33. The predicted octanol–water partition coefficient (Wildman–Crippen LogP) is 4.10. The van der Waals surface area contributed by atoms with E-state index in [1.165, 1.54) is 22.7 Å². The van der Waals surface area contributed by atoms with Gasteiger partial charge >= 0.3 is 0 Å². The van der Waals surface area contributed by atoms with Gasteiger partial charge in [-0.25, -0.2) is 17.8 Å². The monoisotopic (exact) mass is 409 g/mol. The third-order valence-corrected chi connectivity index (χ3v) is 6.00. The first-order valence-electron chi connectivity index (χ1n) is 8.56. The molecule has 0 amide bonds. The van der Waals surface area contributed by atoms with Gasteiger partial charge in [-0.2, -0.15) is 4.31 Å². The molecule has 0 fully saturated rings. The van der Waals surface area contributed by atoms with E-state index < -0.39 is 10.0 Å². The standard InChI is InChI=1S/C19H21ClFN3O2S/c1-13(14-3-5-17(21)6-4-14)22-19-12-16(11-18(20)23-19)15-7-9-24(10-8-15)27(2,25)26/h3-7,11-13H,8-10H2,1-2H3,(H,22,23). The van der Waals surface area contributed by atoms with Crippen LogP contribution in [0.4, 0.5) is 10.2 Å². The molecule has 0 bridgehead atoms. The van der Waals surface area contributed by atoms with Crippen molar-refractivity contribution in [2.75, 3.05) is 24.7 Å². The molecule has 0 radical (unpaired) electrons. The molecule has 1 aliphatic rings. The Hall–Kier alpha value is -1.96. The Bertz CT molecular complexity index is 961. The van der Waals surface area contributed by atoms with Crippen LogP contribution in [-0.4, -0.2) is 37.1 Å². The number of pyridine rings is 1. The molecular formula is C19H21ClFN3O2S. The zero-order valence-corrected chi connectivity index (χ0v) is 16.7. The number of benzene rings is 1. The van der Waals surface area contributed by atoms with Gasteiger partial charge in [0.1, 0.15) is 16.8 Å². The Morgan fingerprint density at radius 1 is 1.26 bits per heavy atom. The molecule has 3 rings (SSSR count). The van der Waals surface area contributed by atoms with Crippen LogP contribution in [0.1, 0.15) is 30.5 Å². The fourth-order valence-corrected chi connectivity index (χ4v) is 4.00. The fourth-order valence-electron chi connectivity index (χ4n) is 3.03. The number of hydrogen-bond donors (Lipinski definition) is 1. The molecule has 1 aromatic heterocycles. The quantitative estimate of drug-likeness (QED) is 0.755. The van der Waals surface area contributed by atoms with E-state index in [0.717, 1.165) is 16.7 Å². The Morgan fingerprint density at radius 3 is 2.56 bits per heavy atom. The summed E-state index contributed by atoms with van der Waals surface area (Å²) >= 11 is 6.19. The lowest BCUT2D eigenvalue weighted by molar-refractivity contribution is 0.446. The summed E-state index contributed by atoms with van der Waals surface area (Å²) in [6.07, 6.45) is 3.73. The summed E-state index contributed by atoms with van der Waals surface area (Å²) in [6.45, 7) is 2.75. The first kappa shape index (κ1) is 19.8. The minimum atomic E-state index is -3.19. The van der Waals surface area contributed by atoms with E-state index in [-0.39, 0.29) is 11.9 Å². The topological polar surface area (TPSA) is 62.3 Å². The van der Waals surface area contributed by atoms with Crippen LogP contribution in [0.2, 0.25) is 5.15 Å². The van der Waals surface area contributed by atoms with Crippen LogP contribution in [0.15, 0.2) is 42.5 Å². The molecule has 0 aliphatic carbocycles. The van der Waals surface area contributed by atoms with Crippen molar-refractivity contribution in [1.82, 2.24) is 9.29 Å². The highest BCUT2D eigenvalue weighted by molar-refractivity contribution is 7.88. The fraction of sp³-hybridized carbons (Fsp3) is 0.316. The predicted molar refractivity (Wildman–Crippen MR) is 107 cm³/mol. The number of nitrogens with zero attached hydrogens (tertiary/aromatic N) is 2. The lowest BCUT2D eigenvalue weighted by atomic mass is 10.0. The molecule has 144 valence electrons. The van der Waals surface area contributed by atoms with Crippen LogP contribution in [-0.2, 0) is 10.0 Å². The van der Waals surface area contributed by atoms with Gasteiger partial charge in [0.05, 0.1) is 6.26 Å². The number of halogens is 2. The Balaban J connectivity index is 1.78. The summed E-state index contributed by atoms with van der Waals surface area (Å²) in [4.78, 5) is 4.31. The van der Waals surface area contributed by atoms with Crippen molar-refractivity contribution in [2.45, 2.75) is 19.4 Å². The molecule has 5 nitrogen and oxygen atoms in total. The zero-order chi connectivity index (χ0) is 19.6. The van der Waals surface area contributed by atoms with E-state index in [1.54, 1.807) is 18.2 Å². The summed E-state index contributed by atoms with van der Waals surface area (Å²) in [7, 11) is -3.19. The van der Waals surface area contributed by atoms with Crippen molar-refractivity contribution in [2.24, 2.45) is 0 Å². The van der Waals surface area contributed by atoms with Crippen LogP contribution < -0.4 is 5.32 Å². The third kappa shape index (κ3) is 5.06. The van der Waals surface area contributed by atoms with E-state index in [2.05, 4.69) is 10.3 Å². The molecule has 1 unspecified atom stereocenters. The zero-order valence-electron chi connectivity index (χ0n) is 15.1. The van der Waals surface area contributed by atoms with Crippen molar-refractivity contribution < 1.29 is 12.8 Å². The largest absolute Gasteiger partial charge is 0.363 e. The molecule has 0 saturated heterocycles. The molecule has 8 heteroatoms. The number of nitrogens with one attached hydrogen (secondary N) is 1. The second-order valence-electron chi connectivity index (χ2n) is 6.58. The van der Waals surface area contributed by atoms with Crippen LogP contribution >= 0.6 is 11.6 Å². The van der Waals surface area contributed by atoms with Crippen molar-refractivity contribution >= 4 is 33.0 Å². The average Bonchev–Trinajstić information content (AvgIpc) is 2.61. The van der Waals surface area contributed by atoms with Gasteiger partial charge in [0.15, 0.2) is 0 Å². The van der Waals surface area contributed by atoms with E-state index in [0.29, 0.717) is 30.5 Å². The first-order valence-corrected chi connectivity index (χ1v) is 10.8. The summed E-state index contributed by atoms with van der Waals surface area (Å²) < 4.78 is 37.8. The summed E-state index contributed by atoms with van der Waals surface area (Å²) in [5.74, 6) is 0.335. The minimum Gasteiger partial charge on any atom is -0.363 e. The maximum absolute atomic E-state index is 13.1. The Kier molecular flexibility index (Phi) is 5.83. The van der Waals surface area contributed by atoms with Crippen molar-refractivity contribution in [3.63, 3.8) is 0 Å². The van der Waals surface area contributed by atoms with Gasteiger partial charge in [-0.15, -0.1) is 0 Å². The maximum atomic E-state index is 13.1. The molecular weight excluding hydrogens is 389 g/mol. The number of hydrogen-bond acceptors (Lipinski definition) is 4. The smallest absolute Gasteiger partial charge is 0.211 e. The molecule has 1 aliphatic heterocycles. The summed E-state index contributed by atoms with van der Waals surface area (Å²) in [5.41, 5.74) is 2.88. The number of rotatable bonds is 5. The highest BCUT2D eigenvalue weighted by atomic mass is 35.5. The van der Waals surface area contributed by atoms with Gasteiger partial charge < -0.3 is 5.32 Å². The molecule has 1 N–H and O–H groups in total. The van der Waals surface area contributed by atoms with Crippen LogP contribution in [0.5, 0.6) is 0 Å². The molecule has 2 aromatic rings. The molecule has 0 saturated carbocycles. The number of aromatic nitrogens is 1. The Morgan fingerprint density at radius 2 is 1.96 bits per heavy atom. The van der Waals surface area contributed by atoms with Crippen molar-refractivity contribution in [1.29, 1.82) is 0 Å². The molecule has 0 spiro atoms. The average molecular weight is 410 g/mol. The summed E-state index contributed by atoms with van der Waals surface area (Å²) in [5, 5.41) is 3.63. The third-order valence-electron chi connectivity index (χ3n) is 4.54. The molecule has 2 heterocycles.